The van der Waals surface area contributed by atoms with E-state index in [-0.39, 0.29) is 5.69 Å². The Balaban J connectivity index is 3.35. The highest BCUT2D eigenvalue weighted by atomic mass is 32.2. The van der Waals surface area contributed by atoms with Crippen LogP contribution in [-0.4, -0.2) is 25.3 Å². The van der Waals surface area contributed by atoms with E-state index in [0.717, 1.165) is 12.1 Å². The molecule has 0 spiro atoms. The average molecular weight is 303 g/mol. The van der Waals surface area contributed by atoms with Crippen LogP contribution in [0.4, 0.5) is 11.4 Å². The summed E-state index contributed by atoms with van der Waals surface area (Å²) in [5.74, 6) is 4.22. The second-order valence-electron chi connectivity index (χ2n) is 3.83. The number of nitrogen functional groups attached to an aromatic ring is 1. The number of nitrogens with two attached hydrogens (primary N) is 2. The predicted molar refractivity (Wildman–Crippen MR) is 69.9 cm³/mol. The monoisotopic (exact) mass is 303 g/mol. The molecule has 1 rings (SSSR count). The van der Waals surface area contributed by atoms with Gasteiger partial charge < -0.3 is 11.2 Å². The molecule has 10 nitrogen and oxygen atoms in total. The molecule has 0 aromatic heterocycles. The molecule has 0 aliphatic carbocycles. The van der Waals surface area contributed by atoms with Crippen LogP contribution in [0.2, 0.25) is 0 Å². The first-order valence-corrected chi connectivity index (χ1v) is 6.74. The van der Waals surface area contributed by atoms with Crippen LogP contribution >= 0.6 is 0 Å². The second kappa shape index (κ2) is 5.81. The largest absolute Gasteiger partial charge is 0.368 e. The number of anilines is 1. The number of benzene rings is 1. The summed E-state index contributed by atoms with van der Waals surface area (Å²) in [6, 6.07) is 2.00. The summed E-state index contributed by atoms with van der Waals surface area (Å²) in [5.41, 5.74) is 6.63. The number of primary amides is 1. The third-order valence-corrected chi connectivity index (χ3v) is 3.94. The number of nitrogens with zero attached hydrogens (tertiary/aromatic N) is 1. The number of carbonyl (C=O) groups excluding carboxylic acids is 1. The van der Waals surface area contributed by atoms with Gasteiger partial charge in [0.05, 0.1) is 16.7 Å². The van der Waals surface area contributed by atoms with Crippen LogP contribution in [-0.2, 0) is 14.8 Å². The summed E-state index contributed by atoms with van der Waals surface area (Å²) in [6.07, 6.45) is 0. The van der Waals surface area contributed by atoms with Crippen molar-refractivity contribution in [2.75, 3.05) is 5.43 Å². The Bertz CT molecular complexity index is 644. The van der Waals surface area contributed by atoms with Gasteiger partial charge in [0.25, 0.3) is 5.69 Å². The zero-order chi connectivity index (χ0) is 15.5. The molecule has 20 heavy (non-hydrogen) atoms. The van der Waals surface area contributed by atoms with Gasteiger partial charge in [0.15, 0.2) is 4.90 Å². The molecule has 0 aliphatic heterocycles. The fourth-order valence-corrected chi connectivity index (χ4v) is 2.73. The Hall–Kier alpha value is -2.24. The molecule has 6 N–H and O–H groups in total. The lowest BCUT2D eigenvalue weighted by Gasteiger charge is -2.12. The normalized spacial score (nSPS) is 12.7. The molecule has 0 fully saturated rings. The summed E-state index contributed by atoms with van der Waals surface area (Å²) in [7, 11) is -4.30. The third-order valence-electron chi connectivity index (χ3n) is 2.37. The van der Waals surface area contributed by atoms with E-state index in [1.54, 1.807) is 0 Å². The molecule has 0 bridgehead atoms. The van der Waals surface area contributed by atoms with E-state index in [4.69, 9.17) is 11.6 Å². The number of hydrazine groups is 1. The minimum atomic E-state index is -4.30. The first-order valence-electron chi connectivity index (χ1n) is 5.25. The second-order valence-corrected chi connectivity index (χ2v) is 5.51. The number of nitro groups is 1. The van der Waals surface area contributed by atoms with Crippen LogP contribution in [0.15, 0.2) is 23.1 Å². The van der Waals surface area contributed by atoms with E-state index in [1.165, 1.54) is 13.0 Å². The topological polar surface area (TPSA) is 170 Å². The van der Waals surface area contributed by atoms with E-state index in [0.29, 0.717) is 0 Å². The molecule has 0 radical (unpaired) electrons. The molecule has 1 unspecified atom stereocenters. The number of rotatable bonds is 6. The highest BCUT2D eigenvalue weighted by Crippen LogP contribution is 2.26. The standard InChI is InChI=1S/C9H13N5O5S/c1-5(9(10)15)13-20(18,19)8-4-6(12-11)2-3-7(8)14(16)17/h2-5,12-13H,11H2,1H3,(H2,10,15). The van der Waals surface area contributed by atoms with Gasteiger partial charge in [-0.05, 0) is 19.1 Å². The zero-order valence-electron chi connectivity index (χ0n) is 10.4. The van der Waals surface area contributed by atoms with Crippen molar-refractivity contribution in [1.82, 2.24) is 4.72 Å². The molecule has 0 saturated heterocycles. The maximum Gasteiger partial charge on any atom is 0.289 e. The van der Waals surface area contributed by atoms with Crippen molar-refractivity contribution >= 4 is 27.3 Å². The van der Waals surface area contributed by atoms with Gasteiger partial charge in [0.2, 0.25) is 15.9 Å². The SMILES string of the molecule is CC(NS(=O)(=O)c1cc(NN)ccc1[N+](=O)[O-])C(N)=O. The number of hydrogen-bond acceptors (Lipinski definition) is 7. The Labute approximate surface area is 114 Å². The molecule has 11 heteroatoms. The van der Waals surface area contributed by atoms with Crippen molar-refractivity contribution in [2.24, 2.45) is 11.6 Å². The number of hydrogen-bond donors (Lipinski definition) is 4. The quantitative estimate of drug-likeness (QED) is 0.297. The summed E-state index contributed by atoms with van der Waals surface area (Å²) < 4.78 is 26.0. The minimum Gasteiger partial charge on any atom is -0.368 e. The minimum absolute atomic E-state index is 0.155. The summed E-state index contributed by atoms with van der Waals surface area (Å²) >= 11 is 0. The van der Waals surface area contributed by atoms with Crippen LogP contribution in [0.25, 0.3) is 0 Å². The van der Waals surface area contributed by atoms with Gasteiger partial charge >= 0.3 is 0 Å². The van der Waals surface area contributed by atoms with Gasteiger partial charge in [-0.25, -0.2) is 8.42 Å². The number of sulfonamides is 1. The van der Waals surface area contributed by atoms with Gasteiger partial charge in [-0.15, -0.1) is 0 Å². The molecule has 1 amide bonds. The molecular weight excluding hydrogens is 290 g/mol. The van der Waals surface area contributed by atoms with Gasteiger partial charge in [-0.3, -0.25) is 20.8 Å². The molecule has 110 valence electrons. The number of carbonyl (C=O) groups is 1. The summed E-state index contributed by atoms with van der Waals surface area (Å²) in [4.78, 5) is 20.3. The lowest BCUT2D eigenvalue weighted by atomic mass is 10.3. The molecular formula is C9H13N5O5S. The molecule has 1 aromatic carbocycles. The smallest absolute Gasteiger partial charge is 0.289 e. The lowest BCUT2D eigenvalue weighted by Crippen LogP contribution is -2.42. The van der Waals surface area contributed by atoms with Crippen molar-refractivity contribution in [3.63, 3.8) is 0 Å². The maximum atomic E-state index is 12.0. The van der Waals surface area contributed by atoms with Crippen molar-refractivity contribution in [1.29, 1.82) is 0 Å². The van der Waals surface area contributed by atoms with Crippen LogP contribution in [0.1, 0.15) is 6.92 Å². The highest BCUT2D eigenvalue weighted by molar-refractivity contribution is 7.89. The van der Waals surface area contributed by atoms with Crippen LogP contribution in [0.3, 0.4) is 0 Å². The van der Waals surface area contributed by atoms with E-state index in [9.17, 15) is 23.3 Å². The van der Waals surface area contributed by atoms with Gasteiger partial charge in [0, 0.05) is 6.07 Å². The molecule has 1 aromatic rings. The average Bonchev–Trinajstić information content (AvgIpc) is 2.37. The molecule has 0 saturated carbocycles. The van der Waals surface area contributed by atoms with E-state index >= 15 is 0 Å². The Morgan fingerprint density at radius 1 is 1.45 bits per heavy atom. The number of amides is 1. The number of nitrogens with one attached hydrogen (secondary N) is 2. The molecule has 1 atom stereocenters. The van der Waals surface area contributed by atoms with Crippen molar-refractivity contribution in [3.05, 3.63) is 28.3 Å². The highest BCUT2D eigenvalue weighted by Gasteiger charge is 2.28. The fraction of sp³-hybridized carbons (Fsp3) is 0.222. The van der Waals surface area contributed by atoms with Crippen molar-refractivity contribution < 1.29 is 18.1 Å². The first-order chi connectivity index (χ1) is 9.19. The van der Waals surface area contributed by atoms with Gasteiger partial charge in [-0.2, -0.15) is 4.72 Å². The third kappa shape index (κ3) is 3.40. The predicted octanol–water partition coefficient (Wildman–Crippen LogP) is -0.967. The maximum absolute atomic E-state index is 12.0. The van der Waals surface area contributed by atoms with E-state index in [2.05, 4.69) is 5.43 Å². The fourth-order valence-electron chi connectivity index (χ4n) is 1.32. The Morgan fingerprint density at radius 2 is 2.05 bits per heavy atom. The zero-order valence-corrected chi connectivity index (χ0v) is 11.2. The van der Waals surface area contributed by atoms with Crippen LogP contribution in [0.5, 0.6) is 0 Å². The molecule has 0 heterocycles. The number of nitro benzene ring substituents is 1. The van der Waals surface area contributed by atoms with Crippen LogP contribution < -0.4 is 21.7 Å². The van der Waals surface area contributed by atoms with Gasteiger partial charge in [-0.1, -0.05) is 0 Å². The van der Waals surface area contributed by atoms with Crippen LogP contribution in [0, 0.1) is 10.1 Å². The lowest BCUT2D eigenvalue weighted by molar-refractivity contribution is -0.387. The summed E-state index contributed by atoms with van der Waals surface area (Å²) in [6.45, 7) is 1.22. The van der Waals surface area contributed by atoms with E-state index in [1.807, 2.05) is 4.72 Å². The van der Waals surface area contributed by atoms with Crippen molar-refractivity contribution in [3.8, 4) is 0 Å². The Kier molecular flexibility index (Phi) is 4.60. The summed E-state index contributed by atoms with van der Waals surface area (Å²) in [5, 5.41) is 10.9. The van der Waals surface area contributed by atoms with Gasteiger partial charge in [0.1, 0.15) is 0 Å². The Morgan fingerprint density at radius 3 is 2.50 bits per heavy atom. The van der Waals surface area contributed by atoms with E-state index < -0.39 is 37.5 Å². The van der Waals surface area contributed by atoms with Crippen molar-refractivity contribution in [2.45, 2.75) is 17.9 Å². The first kappa shape index (κ1) is 15.8. The molecule has 0 aliphatic rings.